The van der Waals surface area contributed by atoms with E-state index in [-0.39, 0.29) is 5.91 Å². The summed E-state index contributed by atoms with van der Waals surface area (Å²) in [5.41, 5.74) is 5.38. The molecule has 0 bridgehead atoms. The Morgan fingerprint density at radius 1 is 1.20 bits per heavy atom. The summed E-state index contributed by atoms with van der Waals surface area (Å²) >= 11 is 7.78. The predicted octanol–water partition coefficient (Wildman–Crippen LogP) is 5.35. The number of halogens is 1. The standard InChI is InChI=1S/C20H17ClN2OS/c1-12-19(22-20(25-12)16-4-3-5-17(21)11-16)15-6-7-18-14(10-15)8-9-23(18)13(2)24/h3-7,10-11H,8-9H2,1-2H3. The molecular formula is C20H17ClN2OS. The molecule has 0 atom stereocenters. The Labute approximate surface area is 155 Å². The van der Waals surface area contributed by atoms with E-state index in [1.807, 2.05) is 35.2 Å². The number of carbonyl (C=O) groups is 1. The van der Waals surface area contributed by atoms with Crippen LogP contribution in [0.15, 0.2) is 42.5 Å². The van der Waals surface area contributed by atoms with E-state index in [0.29, 0.717) is 5.02 Å². The molecule has 2 heterocycles. The van der Waals surface area contributed by atoms with E-state index in [0.717, 1.165) is 40.5 Å². The highest BCUT2D eigenvalue weighted by Gasteiger charge is 2.23. The lowest BCUT2D eigenvalue weighted by molar-refractivity contribution is -0.116. The molecule has 0 aliphatic carbocycles. The fourth-order valence-corrected chi connectivity index (χ4v) is 4.41. The number of aryl methyl sites for hydroxylation is 1. The summed E-state index contributed by atoms with van der Waals surface area (Å²) in [6.07, 6.45) is 0.896. The molecule has 0 fully saturated rings. The molecule has 2 aromatic carbocycles. The molecule has 3 nitrogen and oxygen atoms in total. The van der Waals surface area contributed by atoms with Crippen molar-refractivity contribution in [3.63, 3.8) is 0 Å². The molecule has 0 unspecified atom stereocenters. The van der Waals surface area contributed by atoms with Crippen LogP contribution in [0.3, 0.4) is 0 Å². The topological polar surface area (TPSA) is 33.2 Å². The second kappa shape index (κ2) is 6.28. The van der Waals surface area contributed by atoms with E-state index < -0.39 is 0 Å². The SMILES string of the molecule is CC(=O)N1CCc2cc(-c3nc(-c4cccc(Cl)c4)sc3C)ccc21. The number of nitrogens with zero attached hydrogens (tertiary/aromatic N) is 2. The van der Waals surface area contributed by atoms with Gasteiger partial charge in [-0.05, 0) is 43.2 Å². The summed E-state index contributed by atoms with van der Waals surface area (Å²) in [6, 6.07) is 14.1. The highest BCUT2D eigenvalue weighted by molar-refractivity contribution is 7.15. The number of thiazole rings is 1. The molecule has 126 valence electrons. The quantitative estimate of drug-likeness (QED) is 0.611. The Morgan fingerprint density at radius 3 is 2.80 bits per heavy atom. The first-order valence-corrected chi connectivity index (χ1v) is 9.37. The molecule has 1 amide bonds. The van der Waals surface area contributed by atoms with Crippen LogP contribution < -0.4 is 4.90 Å². The molecule has 25 heavy (non-hydrogen) atoms. The lowest BCUT2D eigenvalue weighted by Gasteiger charge is -2.14. The number of amides is 1. The Hall–Kier alpha value is -2.17. The van der Waals surface area contributed by atoms with Crippen molar-refractivity contribution in [2.75, 3.05) is 11.4 Å². The van der Waals surface area contributed by atoms with Crippen LogP contribution in [0, 0.1) is 6.92 Å². The third-order valence-corrected chi connectivity index (χ3v) is 5.75. The van der Waals surface area contributed by atoms with Gasteiger partial charge in [0.25, 0.3) is 0 Å². The van der Waals surface area contributed by atoms with Gasteiger partial charge in [-0.15, -0.1) is 11.3 Å². The fourth-order valence-electron chi connectivity index (χ4n) is 3.29. The summed E-state index contributed by atoms with van der Waals surface area (Å²) in [5.74, 6) is 0.0968. The number of hydrogen-bond acceptors (Lipinski definition) is 3. The van der Waals surface area contributed by atoms with E-state index in [4.69, 9.17) is 16.6 Å². The zero-order chi connectivity index (χ0) is 17.6. The number of hydrogen-bond donors (Lipinski definition) is 0. The first-order valence-electron chi connectivity index (χ1n) is 8.17. The van der Waals surface area contributed by atoms with Crippen LogP contribution in [0.25, 0.3) is 21.8 Å². The van der Waals surface area contributed by atoms with Crippen molar-refractivity contribution in [3.05, 3.63) is 57.9 Å². The zero-order valence-electron chi connectivity index (χ0n) is 14.0. The van der Waals surface area contributed by atoms with Crippen LogP contribution in [0.1, 0.15) is 17.4 Å². The molecule has 0 saturated heterocycles. The Balaban J connectivity index is 1.73. The van der Waals surface area contributed by atoms with Crippen LogP contribution in [-0.2, 0) is 11.2 Å². The fraction of sp³-hybridized carbons (Fsp3) is 0.200. The van der Waals surface area contributed by atoms with E-state index >= 15 is 0 Å². The first-order chi connectivity index (χ1) is 12.0. The number of carbonyl (C=O) groups excluding carboxylic acids is 1. The predicted molar refractivity (Wildman–Crippen MR) is 104 cm³/mol. The second-order valence-corrected chi connectivity index (χ2v) is 7.84. The highest BCUT2D eigenvalue weighted by atomic mass is 35.5. The van der Waals surface area contributed by atoms with Gasteiger partial charge in [-0.25, -0.2) is 4.98 Å². The summed E-state index contributed by atoms with van der Waals surface area (Å²) in [5, 5.41) is 1.69. The molecule has 0 saturated carbocycles. The number of rotatable bonds is 2. The minimum atomic E-state index is 0.0968. The first kappa shape index (κ1) is 16.3. The number of anilines is 1. The highest BCUT2D eigenvalue weighted by Crippen LogP contribution is 2.37. The van der Waals surface area contributed by atoms with E-state index in [2.05, 4.69) is 19.1 Å². The van der Waals surface area contributed by atoms with Crippen LogP contribution >= 0.6 is 22.9 Å². The number of aromatic nitrogens is 1. The van der Waals surface area contributed by atoms with Crippen LogP contribution in [0.5, 0.6) is 0 Å². The Bertz CT molecular complexity index is 980. The van der Waals surface area contributed by atoms with Gasteiger partial charge in [0.2, 0.25) is 5.91 Å². The van der Waals surface area contributed by atoms with Gasteiger partial charge in [-0.2, -0.15) is 0 Å². The number of benzene rings is 2. The van der Waals surface area contributed by atoms with Crippen LogP contribution in [-0.4, -0.2) is 17.4 Å². The van der Waals surface area contributed by atoms with Gasteiger partial charge < -0.3 is 4.90 Å². The molecule has 1 aliphatic heterocycles. The van der Waals surface area contributed by atoms with Crippen molar-refractivity contribution >= 4 is 34.5 Å². The van der Waals surface area contributed by atoms with Gasteiger partial charge in [0.1, 0.15) is 5.01 Å². The molecule has 0 N–H and O–H groups in total. The molecule has 0 radical (unpaired) electrons. The van der Waals surface area contributed by atoms with E-state index in [9.17, 15) is 4.79 Å². The van der Waals surface area contributed by atoms with Gasteiger partial charge >= 0.3 is 0 Å². The van der Waals surface area contributed by atoms with Crippen LogP contribution in [0.4, 0.5) is 5.69 Å². The average molecular weight is 369 g/mol. The molecule has 0 spiro atoms. The molecule has 1 aromatic heterocycles. The van der Waals surface area contributed by atoms with Crippen molar-refractivity contribution in [3.8, 4) is 21.8 Å². The van der Waals surface area contributed by atoms with E-state index in [1.165, 1.54) is 10.4 Å². The van der Waals surface area contributed by atoms with Crippen molar-refractivity contribution in [1.82, 2.24) is 4.98 Å². The minimum Gasteiger partial charge on any atom is -0.312 e. The van der Waals surface area contributed by atoms with Gasteiger partial charge in [0.15, 0.2) is 0 Å². The van der Waals surface area contributed by atoms with Crippen molar-refractivity contribution < 1.29 is 4.79 Å². The number of fused-ring (bicyclic) bond motifs is 1. The summed E-state index contributed by atoms with van der Waals surface area (Å²) in [4.78, 5) is 19.6. The Morgan fingerprint density at radius 2 is 2.04 bits per heavy atom. The van der Waals surface area contributed by atoms with Gasteiger partial charge in [0.05, 0.1) is 5.69 Å². The Kier molecular flexibility index (Phi) is 4.10. The van der Waals surface area contributed by atoms with Gasteiger partial charge in [-0.1, -0.05) is 29.8 Å². The molecule has 5 heteroatoms. The molecule has 1 aliphatic rings. The maximum absolute atomic E-state index is 11.7. The minimum absolute atomic E-state index is 0.0968. The van der Waals surface area contributed by atoms with E-state index in [1.54, 1.807) is 18.3 Å². The lowest BCUT2D eigenvalue weighted by atomic mass is 10.1. The normalized spacial score (nSPS) is 13.2. The van der Waals surface area contributed by atoms with Crippen molar-refractivity contribution in [2.45, 2.75) is 20.3 Å². The van der Waals surface area contributed by atoms with Crippen molar-refractivity contribution in [2.24, 2.45) is 0 Å². The summed E-state index contributed by atoms with van der Waals surface area (Å²) in [7, 11) is 0. The third-order valence-electron chi connectivity index (χ3n) is 4.50. The van der Waals surface area contributed by atoms with Crippen molar-refractivity contribution in [1.29, 1.82) is 0 Å². The maximum atomic E-state index is 11.7. The van der Waals surface area contributed by atoms with Gasteiger partial charge in [0, 0.05) is 40.2 Å². The second-order valence-electron chi connectivity index (χ2n) is 6.20. The maximum Gasteiger partial charge on any atom is 0.223 e. The monoisotopic (exact) mass is 368 g/mol. The largest absolute Gasteiger partial charge is 0.312 e. The zero-order valence-corrected chi connectivity index (χ0v) is 15.6. The molecule has 3 aromatic rings. The van der Waals surface area contributed by atoms with Gasteiger partial charge in [-0.3, -0.25) is 4.79 Å². The third kappa shape index (κ3) is 2.96. The lowest BCUT2D eigenvalue weighted by Crippen LogP contribution is -2.25. The smallest absolute Gasteiger partial charge is 0.223 e. The molecule has 4 rings (SSSR count). The van der Waals surface area contributed by atoms with Crippen LogP contribution in [0.2, 0.25) is 5.02 Å². The summed E-state index contributed by atoms with van der Waals surface area (Å²) in [6.45, 7) is 4.47. The average Bonchev–Trinajstić information content (AvgIpc) is 3.17. The molecular weight excluding hydrogens is 352 g/mol. The summed E-state index contributed by atoms with van der Waals surface area (Å²) < 4.78 is 0.